The first kappa shape index (κ1) is 22.3. The summed E-state index contributed by atoms with van der Waals surface area (Å²) in [7, 11) is -0.732. The van der Waals surface area contributed by atoms with Gasteiger partial charge in [-0.15, -0.1) is 0 Å². The Kier molecular flexibility index (Phi) is 8.56. The summed E-state index contributed by atoms with van der Waals surface area (Å²) < 4.78 is 44.5. The lowest BCUT2D eigenvalue weighted by molar-refractivity contribution is 0.0106. The van der Waals surface area contributed by atoms with Crippen LogP contribution in [0.2, 0.25) is 11.6 Å². The first-order chi connectivity index (χ1) is 10.0. The van der Waals surface area contributed by atoms with E-state index in [9.17, 15) is 0 Å². The molecule has 0 heterocycles. The largest absolute Gasteiger partial charge is 0.669 e. The fraction of sp³-hybridized carbons (Fsp3) is 1.00. The van der Waals surface area contributed by atoms with Gasteiger partial charge in [0.05, 0.1) is 0 Å². The average Bonchev–Trinajstić information content (AvgIpc) is 2.49. The summed E-state index contributed by atoms with van der Waals surface area (Å²) in [6.07, 6.45) is 0. The molecular formula is C11H30O8Si3. The van der Waals surface area contributed by atoms with Crippen LogP contribution in [0.3, 0.4) is 0 Å². The Labute approximate surface area is 137 Å². The van der Waals surface area contributed by atoms with E-state index >= 15 is 0 Å². The van der Waals surface area contributed by atoms with E-state index in [0.29, 0.717) is 0 Å². The molecule has 0 aliphatic carbocycles. The first-order valence-electron chi connectivity index (χ1n) is 6.74. The van der Waals surface area contributed by atoms with Gasteiger partial charge in [-0.3, -0.25) is 0 Å². The molecule has 0 aliphatic rings. The molecule has 0 saturated heterocycles. The molecule has 22 heavy (non-hydrogen) atoms. The van der Waals surface area contributed by atoms with Crippen LogP contribution >= 0.6 is 0 Å². The van der Waals surface area contributed by atoms with E-state index in [-0.39, 0.29) is 5.04 Å². The van der Waals surface area contributed by atoms with E-state index in [1.54, 1.807) is 0 Å². The van der Waals surface area contributed by atoms with Gasteiger partial charge in [0, 0.05) is 47.7 Å². The topological polar surface area (TPSA) is 73.8 Å². The van der Waals surface area contributed by atoms with Crippen LogP contribution in [0.15, 0.2) is 0 Å². The first-order valence-corrected chi connectivity index (χ1v) is 12.3. The fourth-order valence-corrected chi connectivity index (χ4v) is 11.4. The van der Waals surface area contributed by atoms with Crippen molar-refractivity contribution in [2.24, 2.45) is 0 Å². The second-order valence-corrected chi connectivity index (χ2v) is 15.1. The van der Waals surface area contributed by atoms with Crippen LogP contribution in [-0.4, -0.2) is 69.3 Å². The average molecular weight is 375 g/mol. The van der Waals surface area contributed by atoms with E-state index in [2.05, 4.69) is 0 Å². The Morgan fingerprint density at radius 3 is 0.909 bits per heavy atom. The fourth-order valence-electron chi connectivity index (χ4n) is 1.55. The van der Waals surface area contributed by atoms with Gasteiger partial charge in [-0.25, -0.2) is 0 Å². The van der Waals surface area contributed by atoms with Crippen molar-refractivity contribution in [1.82, 2.24) is 0 Å². The van der Waals surface area contributed by atoms with E-state index in [0.717, 1.165) is 0 Å². The Bertz CT molecular complexity index is 289. The quantitative estimate of drug-likeness (QED) is 0.534. The molecule has 0 aromatic rings. The monoisotopic (exact) mass is 374 g/mol. The van der Waals surface area contributed by atoms with Crippen molar-refractivity contribution < 1.29 is 34.8 Å². The van der Waals surface area contributed by atoms with Crippen molar-refractivity contribution >= 4 is 26.7 Å². The Balaban J connectivity index is 5.70. The van der Waals surface area contributed by atoms with Gasteiger partial charge in [-0.2, -0.15) is 0 Å². The minimum Gasteiger partial charge on any atom is -0.370 e. The molecule has 0 spiro atoms. The van der Waals surface area contributed by atoms with Gasteiger partial charge in [0.15, 0.2) is 0 Å². The minimum atomic E-state index is -3.31. The third-order valence-electron chi connectivity index (χ3n) is 3.50. The summed E-state index contributed by atoms with van der Waals surface area (Å²) in [5.74, 6) is 0. The zero-order chi connectivity index (χ0) is 17.7. The molecule has 0 bridgehead atoms. The number of rotatable bonds is 10. The van der Waals surface area contributed by atoms with Gasteiger partial charge in [-0.05, 0) is 6.55 Å². The molecule has 0 N–H and O–H groups in total. The highest BCUT2D eigenvalue weighted by Gasteiger charge is 2.61. The van der Waals surface area contributed by atoms with Crippen molar-refractivity contribution in [1.29, 1.82) is 0 Å². The molecule has 0 saturated carbocycles. The van der Waals surface area contributed by atoms with Crippen molar-refractivity contribution in [3.8, 4) is 0 Å². The number of hydrogen-bond acceptors (Lipinski definition) is 8. The third kappa shape index (κ3) is 4.91. The van der Waals surface area contributed by atoms with Gasteiger partial charge in [0.1, 0.15) is 0 Å². The van der Waals surface area contributed by atoms with Gasteiger partial charge in [0.25, 0.3) is 0 Å². The van der Waals surface area contributed by atoms with Crippen LogP contribution in [-0.2, 0) is 34.8 Å². The molecule has 0 aromatic carbocycles. The Morgan fingerprint density at radius 1 is 0.545 bits per heavy atom. The lowest BCUT2D eigenvalue weighted by Crippen LogP contribution is -2.65. The second-order valence-electron chi connectivity index (χ2n) is 5.62. The van der Waals surface area contributed by atoms with Crippen molar-refractivity contribution in [3.63, 3.8) is 0 Å². The van der Waals surface area contributed by atoms with Crippen LogP contribution in [0.5, 0.6) is 0 Å². The summed E-state index contributed by atoms with van der Waals surface area (Å²) >= 11 is 0. The zero-order valence-electron chi connectivity index (χ0n) is 15.3. The summed E-state index contributed by atoms with van der Waals surface area (Å²) in [6.45, 7) is 7.88. The Hall–Kier alpha value is 0.331. The van der Waals surface area contributed by atoms with E-state index in [1.807, 2.05) is 27.3 Å². The maximum absolute atomic E-state index is 6.18. The summed E-state index contributed by atoms with van der Waals surface area (Å²) in [5.41, 5.74) is 0. The standard InChI is InChI=1S/C11H30O8Si3/c1-11(2,3)20(10,18-21(12-4,13-5)14-6)19-22(15-7,16-8)17-9/h1-10H3. The molecule has 0 aliphatic heterocycles. The van der Waals surface area contributed by atoms with Crippen LogP contribution in [0.4, 0.5) is 0 Å². The summed E-state index contributed by atoms with van der Waals surface area (Å²) in [5, 5.41) is -0.352. The maximum atomic E-state index is 6.18. The molecule has 11 heteroatoms. The molecule has 0 radical (unpaired) electrons. The molecular weight excluding hydrogens is 344 g/mol. The van der Waals surface area contributed by atoms with Crippen molar-refractivity contribution in [2.45, 2.75) is 32.4 Å². The van der Waals surface area contributed by atoms with E-state index in [1.165, 1.54) is 42.7 Å². The third-order valence-corrected chi connectivity index (χ3v) is 14.3. The molecule has 134 valence electrons. The lowest BCUT2D eigenvalue weighted by atomic mass is 10.3. The van der Waals surface area contributed by atoms with Gasteiger partial charge in [-0.1, -0.05) is 20.8 Å². The molecule has 0 unspecified atom stereocenters. The molecule has 0 rings (SSSR count). The van der Waals surface area contributed by atoms with Gasteiger partial charge < -0.3 is 34.8 Å². The van der Waals surface area contributed by atoms with Crippen LogP contribution < -0.4 is 0 Å². The van der Waals surface area contributed by atoms with Crippen LogP contribution in [0, 0.1) is 0 Å². The lowest BCUT2D eigenvalue weighted by Gasteiger charge is -2.44. The highest BCUT2D eigenvalue weighted by atomic mass is 28.5. The second kappa shape index (κ2) is 8.43. The summed E-state index contributed by atoms with van der Waals surface area (Å²) in [6, 6.07) is 0. The van der Waals surface area contributed by atoms with Gasteiger partial charge in [0.2, 0.25) is 0 Å². The predicted molar refractivity (Wildman–Crippen MR) is 87.1 cm³/mol. The van der Waals surface area contributed by atoms with Crippen molar-refractivity contribution in [3.05, 3.63) is 0 Å². The molecule has 0 atom stereocenters. The molecule has 0 fully saturated rings. The smallest absolute Gasteiger partial charge is 0.370 e. The zero-order valence-corrected chi connectivity index (χ0v) is 18.3. The molecule has 0 aromatic heterocycles. The molecule has 8 nitrogen and oxygen atoms in total. The molecule has 0 amide bonds. The van der Waals surface area contributed by atoms with Crippen molar-refractivity contribution in [2.75, 3.05) is 42.7 Å². The minimum absolute atomic E-state index is 0.352. The maximum Gasteiger partial charge on any atom is 0.669 e. The van der Waals surface area contributed by atoms with E-state index < -0.39 is 26.7 Å². The summed E-state index contributed by atoms with van der Waals surface area (Å²) in [4.78, 5) is 0. The predicted octanol–water partition coefficient (Wildman–Crippen LogP) is 1.64. The number of hydrogen-bond donors (Lipinski definition) is 0. The van der Waals surface area contributed by atoms with E-state index in [4.69, 9.17) is 34.8 Å². The van der Waals surface area contributed by atoms with Crippen LogP contribution in [0.25, 0.3) is 0 Å². The highest BCUT2D eigenvalue weighted by Crippen LogP contribution is 2.41. The van der Waals surface area contributed by atoms with Crippen LogP contribution in [0.1, 0.15) is 20.8 Å². The normalized spacial score (nSPS) is 14.5. The highest BCUT2D eigenvalue weighted by molar-refractivity contribution is 6.82. The SMILES string of the molecule is CO[Si](OC)(OC)O[Si](C)(O[Si](OC)(OC)OC)C(C)(C)C. The van der Waals surface area contributed by atoms with Gasteiger partial charge >= 0.3 is 26.7 Å². The Morgan fingerprint density at radius 2 is 0.773 bits per heavy atom.